The van der Waals surface area contributed by atoms with E-state index in [9.17, 15) is 8.78 Å². The maximum absolute atomic E-state index is 13.3. The number of hydrogen-bond donors (Lipinski definition) is 0. The lowest BCUT2D eigenvalue weighted by Crippen LogP contribution is -1.98. The molecule has 0 atom stereocenters. The van der Waals surface area contributed by atoms with Crippen molar-refractivity contribution in [3.63, 3.8) is 0 Å². The maximum Gasteiger partial charge on any atom is 0.137 e. The van der Waals surface area contributed by atoms with Gasteiger partial charge in [-0.05, 0) is 34.1 Å². The van der Waals surface area contributed by atoms with Crippen LogP contribution in [0.2, 0.25) is 0 Å². The summed E-state index contributed by atoms with van der Waals surface area (Å²) in [6.07, 6.45) is 0. The molecule has 0 aliphatic carbocycles. The van der Waals surface area contributed by atoms with Crippen LogP contribution in [0.1, 0.15) is 5.56 Å². The lowest BCUT2D eigenvalue weighted by Gasteiger charge is -2.09. The van der Waals surface area contributed by atoms with Crippen molar-refractivity contribution in [3.05, 3.63) is 62.5 Å². The first-order valence-corrected chi connectivity index (χ1v) is 6.66. The van der Waals surface area contributed by atoms with E-state index in [1.54, 1.807) is 18.2 Å². The molecule has 0 aliphatic rings. The largest absolute Gasteiger partial charge is 0.489 e. The van der Waals surface area contributed by atoms with Gasteiger partial charge in [-0.2, -0.15) is 0 Å². The summed E-state index contributed by atoms with van der Waals surface area (Å²) in [6.45, 7) is 0.161. The van der Waals surface area contributed by atoms with Crippen LogP contribution in [0.3, 0.4) is 0 Å². The minimum Gasteiger partial charge on any atom is -0.489 e. The van der Waals surface area contributed by atoms with Crippen LogP contribution >= 0.6 is 31.9 Å². The molecule has 0 amide bonds. The van der Waals surface area contributed by atoms with Crippen molar-refractivity contribution >= 4 is 31.9 Å². The van der Waals surface area contributed by atoms with E-state index in [1.807, 2.05) is 0 Å². The van der Waals surface area contributed by atoms with E-state index < -0.39 is 5.82 Å². The van der Waals surface area contributed by atoms with Crippen LogP contribution in [0.4, 0.5) is 8.78 Å². The Kier molecular flexibility index (Phi) is 4.35. The third kappa shape index (κ3) is 3.29. The summed E-state index contributed by atoms with van der Waals surface area (Å²) >= 11 is 6.32. The molecule has 94 valence electrons. The van der Waals surface area contributed by atoms with Crippen molar-refractivity contribution < 1.29 is 13.5 Å². The van der Waals surface area contributed by atoms with Gasteiger partial charge in [0, 0.05) is 16.1 Å². The van der Waals surface area contributed by atoms with E-state index >= 15 is 0 Å². The van der Waals surface area contributed by atoms with Crippen LogP contribution in [0.15, 0.2) is 45.3 Å². The predicted molar refractivity (Wildman–Crippen MR) is 72.5 cm³/mol. The molecule has 2 rings (SSSR count). The normalized spacial score (nSPS) is 10.4. The summed E-state index contributed by atoms with van der Waals surface area (Å²) in [5.41, 5.74) is 0.662. The molecule has 0 fully saturated rings. The molecule has 0 spiro atoms. The molecule has 0 N–H and O–H groups in total. The Bertz CT molecular complexity index is 553. The fourth-order valence-corrected chi connectivity index (χ4v) is 2.26. The average Bonchev–Trinajstić information content (AvgIpc) is 2.30. The zero-order valence-electron chi connectivity index (χ0n) is 9.09. The zero-order valence-corrected chi connectivity index (χ0v) is 12.3. The quantitative estimate of drug-likeness (QED) is 0.725. The minimum absolute atomic E-state index is 0.161. The van der Waals surface area contributed by atoms with E-state index in [-0.39, 0.29) is 12.4 Å². The summed E-state index contributed by atoms with van der Waals surface area (Å²) in [5, 5.41) is 0. The molecule has 0 aromatic heterocycles. The fraction of sp³-hybridized carbons (Fsp3) is 0.0769. The molecule has 0 saturated carbocycles. The van der Waals surface area contributed by atoms with Crippen molar-refractivity contribution in [2.24, 2.45) is 0 Å². The van der Waals surface area contributed by atoms with Crippen molar-refractivity contribution in [1.82, 2.24) is 0 Å². The standard InChI is InChI=1S/C13H8Br2F2O/c14-9-4-10(16)6-11(5-9)18-7-8-2-1-3-12(17)13(8)15/h1-6H,7H2. The molecule has 0 radical (unpaired) electrons. The minimum atomic E-state index is -0.391. The summed E-state index contributed by atoms with van der Waals surface area (Å²) in [7, 11) is 0. The van der Waals surface area contributed by atoms with Gasteiger partial charge >= 0.3 is 0 Å². The van der Waals surface area contributed by atoms with Gasteiger partial charge in [0.2, 0.25) is 0 Å². The predicted octanol–water partition coefficient (Wildman–Crippen LogP) is 5.07. The van der Waals surface area contributed by atoms with Crippen LogP contribution < -0.4 is 4.74 Å². The van der Waals surface area contributed by atoms with Crippen LogP contribution in [-0.4, -0.2) is 0 Å². The summed E-state index contributed by atoms with van der Waals surface area (Å²) in [6, 6.07) is 8.95. The summed E-state index contributed by atoms with van der Waals surface area (Å²) in [4.78, 5) is 0. The van der Waals surface area contributed by atoms with E-state index in [0.717, 1.165) is 0 Å². The molecule has 2 aromatic carbocycles. The van der Waals surface area contributed by atoms with E-state index in [4.69, 9.17) is 4.74 Å². The SMILES string of the molecule is Fc1cc(Br)cc(OCc2cccc(F)c2Br)c1. The molecule has 0 bridgehead atoms. The van der Waals surface area contributed by atoms with Gasteiger partial charge in [0.05, 0.1) is 4.47 Å². The van der Waals surface area contributed by atoms with Crippen LogP contribution in [0.5, 0.6) is 5.75 Å². The van der Waals surface area contributed by atoms with Crippen LogP contribution in [0, 0.1) is 11.6 Å². The number of benzene rings is 2. The summed E-state index contributed by atoms with van der Waals surface area (Å²) < 4.78 is 32.8. The second kappa shape index (κ2) is 5.80. The second-order valence-electron chi connectivity index (χ2n) is 3.61. The van der Waals surface area contributed by atoms with Crippen molar-refractivity contribution in [1.29, 1.82) is 0 Å². The maximum atomic E-state index is 13.3. The van der Waals surface area contributed by atoms with Gasteiger partial charge in [0.15, 0.2) is 0 Å². The second-order valence-corrected chi connectivity index (χ2v) is 5.32. The van der Waals surface area contributed by atoms with Gasteiger partial charge < -0.3 is 4.74 Å². The zero-order chi connectivity index (χ0) is 13.1. The van der Waals surface area contributed by atoms with Gasteiger partial charge in [0.25, 0.3) is 0 Å². The number of halogens is 4. The first-order chi connectivity index (χ1) is 8.56. The highest BCUT2D eigenvalue weighted by Gasteiger charge is 2.06. The smallest absolute Gasteiger partial charge is 0.137 e. The lowest BCUT2D eigenvalue weighted by molar-refractivity contribution is 0.303. The molecule has 0 heterocycles. The molecule has 2 aromatic rings. The Balaban J connectivity index is 2.14. The van der Waals surface area contributed by atoms with Gasteiger partial charge in [-0.1, -0.05) is 28.1 Å². The van der Waals surface area contributed by atoms with E-state index in [0.29, 0.717) is 20.3 Å². The lowest BCUT2D eigenvalue weighted by atomic mass is 10.2. The fourth-order valence-electron chi connectivity index (χ4n) is 1.43. The Morgan fingerprint density at radius 1 is 1.06 bits per heavy atom. The number of hydrogen-bond acceptors (Lipinski definition) is 1. The highest BCUT2D eigenvalue weighted by atomic mass is 79.9. The number of ether oxygens (including phenoxy) is 1. The molecule has 0 unspecified atom stereocenters. The third-order valence-corrected chi connectivity index (χ3v) is 3.61. The van der Waals surface area contributed by atoms with Crippen LogP contribution in [-0.2, 0) is 6.61 Å². The van der Waals surface area contributed by atoms with Gasteiger partial charge in [-0.25, -0.2) is 8.78 Å². The van der Waals surface area contributed by atoms with Crippen molar-refractivity contribution in [3.8, 4) is 5.75 Å². The molecular weight excluding hydrogens is 370 g/mol. The van der Waals surface area contributed by atoms with Gasteiger partial charge in [-0.15, -0.1) is 0 Å². The molecule has 1 nitrogen and oxygen atoms in total. The first-order valence-electron chi connectivity index (χ1n) is 5.08. The first kappa shape index (κ1) is 13.5. The van der Waals surface area contributed by atoms with E-state index in [2.05, 4.69) is 31.9 Å². The molecular formula is C13H8Br2F2O. The van der Waals surface area contributed by atoms with Crippen molar-refractivity contribution in [2.75, 3.05) is 0 Å². The Hall–Kier alpha value is -0.940. The third-order valence-electron chi connectivity index (χ3n) is 2.26. The van der Waals surface area contributed by atoms with E-state index in [1.165, 1.54) is 18.2 Å². The highest BCUT2D eigenvalue weighted by Crippen LogP contribution is 2.24. The Morgan fingerprint density at radius 2 is 1.83 bits per heavy atom. The Morgan fingerprint density at radius 3 is 2.56 bits per heavy atom. The monoisotopic (exact) mass is 376 g/mol. The Labute approximate surface area is 120 Å². The van der Waals surface area contributed by atoms with Crippen molar-refractivity contribution in [2.45, 2.75) is 6.61 Å². The van der Waals surface area contributed by atoms with Gasteiger partial charge in [-0.3, -0.25) is 0 Å². The molecule has 0 aliphatic heterocycles. The molecule has 0 saturated heterocycles. The molecule has 5 heteroatoms. The van der Waals surface area contributed by atoms with Gasteiger partial charge in [0.1, 0.15) is 24.0 Å². The number of rotatable bonds is 3. The highest BCUT2D eigenvalue weighted by molar-refractivity contribution is 9.10. The molecule has 18 heavy (non-hydrogen) atoms. The van der Waals surface area contributed by atoms with Crippen LogP contribution in [0.25, 0.3) is 0 Å². The summed E-state index contributed by atoms with van der Waals surface area (Å²) in [5.74, 6) is -0.354. The average molecular weight is 378 g/mol. The topological polar surface area (TPSA) is 9.23 Å².